The van der Waals surface area contributed by atoms with Gasteiger partial charge in [0, 0.05) is 0 Å². The third-order valence-corrected chi connectivity index (χ3v) is 2.86. The first-order valence-corrected chi connectivity index (χ1v) is 4.45. The molecule has 0 N–H and O–H groups in total. The molecule has 2 heterocycles. The van der Waals surface area contributed by atoms with Crippen LogP contribution in [-0.4, -0.2) is 9.97 Å². The molecule has 11 heavy (non-hydrogen) atoms. The highest BCUT2D eigenvalue weighted by Gasteiger charge is 2.06. The molecule has 0 aliphatic rings. The number of thiophene rings is 1. The molecule has 0 aliphatic heterocycles. The Kier molecular flexibility index (Phi) is 1.54. The molecule has 2 rings (SSSR count). The van der Waals surface area contributed by atoms with Crippen molar-refractivity contribution in [3.8, 4) is 5.88 Å². The minimum atomic E-state index is -0.203. The lowest BCUT2D eigenvalue weighted by molar-refractivity contribution is 0.343. The van der Waals surface area contributed by atoms with Gasteiger partial charge in [-0.05, 0) is 22.0 Å². The molecule has 3 nitrogen and oxygen atoms in total. The van der Waals surface area contributed by atoms with Gasteiger partial charge in [0.15, 0.2) is 0 Å². The lowest BCUT2D eigenvalue weighted by Crippen LogP contribution is -1.75. The van der Waals surface area contributed by atoms with Crippen molar-refractivity contribution >= 4 is 37.5 Å². The van der Waals surface area contributed by atoms with Gasteiger partial charge in [-0.2, -0.15) is 4.98 Å². The van der Waals surface area contributed by atoms with E-state index >= 15 is 0 Å². The van der Waals surface area contributed by atoms with Gasteiger partial charge in [0.05, 0.1) is 9.30 Å². The van der Waals surface area contributed by atoms with E-state index in [0.717, 1.165) is 3.79 Å². The molecular formula is C6H2BrN2OS. The van der Waals surface area contributed by atoms with E-state index in [9.17, 15) is 5.11 Å². The van der Waals surface area contributed by atoms with E-state index in [1.807, 2.05) is 6.07 Å². The standard InChI is InChI=1S/C6H2BrN2OS/c7-4-1-3-5(11-4)6(10)9-2-8-3/h1-2H. The second-order valence-corrected chi connectivity index (χ2v) is 4.38. The Morgan fingerprint density at radius 1 is 1.45 bits per heavy atom. The molecule has 0 bridgehead atoms. The van der Waals surface area contributed by atoms with Crippen LogP contribution in [0.4, 0.5) is 0 Å². The van der Waals surface area contributed by atoms with E-state index < -0.39 is 0 Å². The minimum absolute atomic E-state index is 0.203. The summed E-state index contributed by atoms with van der Waals surface area (Å²) in [5.41, 5.74) is 0.710. The predicted molar refractivity (Wildman–Crippen MR) is 45.2 cm³/mol. The third-order valence-electron chi connectivity index (χ3n) is 1.25. The highest BCUT2D eigenvalue weighted by molar-refractivity contribution is 9.11. The maximum absolute atomic E-state index is 11.0. The first kappa shape index (κ1) is 7.00. The average molecular weight is 230 g/mol. The molecule has 0 atom stereocenters. The first-order valence-electron chi connectivity index (χ1n) is 2.84. The van der Waals surface area contributed by atoms with E-state index in [1.165, 1.54) is 17.7 Å². The van der Waals surface area contributed by atoms with Gasteiger partial charge < -0.3 is 0 Å². The van der Waals surface area contributed by atoms with Crippen molar-refractivity contribution in [2.24, 2.45) is 0 Å². The van der Waals surface area contributed by atoms with Gasteiger partial charge in [0.2, 0.25) is 0 Å². The van der Waals surface area contributed by atoms with Crippen molar-refractivity contribution in [3.63, 3.8) is 0 Å². The van der Waals surface area contributed by atoms with Gasteiger partial charge >= 0.3 is 0 Å². The lowest BCUT2D eigenvalue weighted by Gasteiger charge is -1.85. The molecule has 0 spiro atoms. The van der Waals surface area contributed by atoms with Gasteiger partial charge in [0.1, 0.15) is 11.0 Å². The summed E-state index contributed by atoms with van der Waals surface area (Å²) in [6.45, 7) is 0. The fraction of sp³-hybridized carbons (Fsp3) is 0. The first-order chi connectivity index (χ1) is 5.27. The smallest absolute Gasteiger partial charge is 0.266 e. The molecular weight excluding hydrogens is 228 g/mol. The summed E-state index contributed by atoms with van der Waals surface area (Å²) in [6, 6.07) is 1.81. The minimum Gasteiger partial charge on any atom is -0.266 e. The predicted octanol–water partition coefficient (Wildman–Crippen LogP) is 2.60. The number of rotatable bonds is 0. The molecule has 0 saturated heterocycles. The fourth-order valence-electron chi connectivity index (χ4n) is 0.804. The summed E-state index contributed by atoms with van der Waals surface area (Å²) in [7, 11) is 0. The van der Waals surface area contributed by atoms with Crippen molar-refractivity contribution in [2.45, 2.75) is 0 Å². The molecule has 0 saturated carbocycles. The van der Waals surface area contributed by atoms with E-state index in [4.69, 9.17) is 0 Å². The van der Waals surface area contributed by atoms with Crippen molar-refractivity contribution in [1.29, 1.82) is 0 Å². The maximum atomic E-state index is 11.0. The molecule has 2 aromatic heterocycles. The molecule has 0 aromatic carbocycles. The average Bonchev–Trinajstić information content (AvgIpc) is 2.31. The van der Waals surface area contributed by atoms with E-state index in [0.29, 0.717) is 10.2 Å². The Morgan fingerprint density at radius 2 is 2.27 bits per heavy atom. The molecule has 0 unspecified atom stereocenters. The van der Waals surface area contributed by atoms with Crippen LogP contribution < -0.4 is 0 Å². The summed E-state index contributed by atoms with van der Waals surface area (Å²) in [5.74, 6) is -0.203. The van der Waals surface area contributed by atoms with Crippen molar-refractivity contribution < 1.29 is 5.11 Å². The van der Waals surface area contributed by atoms with Crippen LogP contribution in [0.2, 0.25) is 0 Å². The van der Waals surface area contributed by atoms with Crippen molar-refractivity contribution in [2.75, 3.05) is 0 Å². The highest BCUT2D eigenvalue weighted by Crippen LogP contribution is 2.32. The van der Waals surface area contributed by atoms with Crippen LogP contribution in [0.5, 0.6) is 5.88 Å². The Bertz CT molecular complexity index is 400. The summed E-state index contributed by atoms with van der Waals surface area (Å²) in [5, 5.41) is 11.0. The van der Waals surface area contributed by atoms with Crippen LogP contribution in [0.25, 0.3) is 10.2 Å². The van der Waals surface area contributed by atoms with Gasteiger partial charge in [0.25, 0.3) is 5.88 Å². The molecule has 5 heteroatoms. The number of hydrogen-bond acceptors (Lipinski definition) is 3. The zero-order valence-corrected chi connectivity index (χ0v) is 7.65. The maximum Gasteiger partial charge on any atom is 0.290 e. The topological polar surface area (TPSA) is 45.7 Å². The number of fused-ring (bicyclic) bond motifs is 1. The SMILES string of the molecule is [O]c1ncnc2cc(Br)sc12. The largest absolute Gasteiger partial charge is 0.290 e. The Balaban J connectivity index is 2.90. The summed E-state index contributed by atoms with van der Waals surface area (Å²) < 4.78 is 1.52. The number of nitrogens with zero attached hydrogens (tertiary/aromatic N) is 2. The monoisotopic (exact) mass is 229 g/mol. The molecule has 0 amide bonds. The fourth-order valence-corrected chi connectivity index (χ4v) is 2.23. The lowest BCUT2D eigenvalue weighted by atomic mass is 10.5. The number of halogens is 1. The van der Waals surface area contributed by atoms with E-state index in [2.05, 4.69) is 25.9 Å². The van der Waals surface area contributed by atoms with Crippen LogP contribution in [0.3, 0.4) is 0 Å². The molecule has 1 radical (unpaired) electrons. The second kappa shape index (κ2) is 2.42. The van der Waals surface area contributed by atoms with Crippen LogP contribution >= 0.6 is 27.3 Å². The Labute approximate surface area is 74.9 Å². The second-order valence-electron chi connectivity index (χ2n) is 1.94. The van der Waals surface area contributed by atoms with Crippen molar-refractivity contribution in [1.82, 2.24) is 9.97 Å². The zero-order valence-electron chi connectivity index (χ0n) is 5.24. The third kappa shape index (κ3) is 1.10. The van der Waals surface area contributed by atoms with E-state index in [-0.39, 0.29) is 5.88 Å². The van der Waals surface area contributed by atoms with E-state index in [1.54, 1.807) is 0 Å². The van der Waals surface area contributed by atoms with Gasteiger partial charge in [-0.3, -0.25) is 5.11 Å². The summed E-state index contributed by atoms with van der Waals surface area (Å²) in [4.78, 5) is 7.48. The van der Waals surface area contributed by atoms with Gasteiger partial charge in [-0.15, -0.1) is 11.3 Å². The number of aromatic nitrogens is 2. The zero-order chi connectivity index (χ0) is 7.84. The van der Waals surface area contributed by atoms with Gasteiger partial charge in [-0.25, -0.2) is 4.98 Å². The molecule has 0 aliphatic carbocycles. The highest BCUT2D eigenvalue weighted by atomic mass is 79.9. The van der Waals surface area contributed by atoms with Crippen LogP contribution in [0.15, 0.2) is 16.2 Å². The normalized spacial score (nSPS) is 10.6. The van der Waals surface area contributed by atoms with Crippen LogP contribution in [0.1, 0.15) is 0 Å². The summed E-state index contributed by atoms with van der Waals surface area (Å²) >= 11 is 4.63. The van der Waals surface area contributed by atoms with Crippen LogP contribution in [0, 0.1) is 0 Å². The number of hydrogen-bond donors (Lipinski definition) is 0. The van der Waals surface area contributed by atoms with Gasteiger partial charge in [-0.1, -0.05) is 0 Å². The quantitative estimate of drug-likeness (QED) is 0.698. The molecule has 55 valence electrons. The summed E-state index contributed by atoms with van der Waals surface area (Å²) in [6.07, 6.45) is 1.28. The molecule has 2 aromatic rings. The Hall–Kier alpha value is -0.680. The van der Waals surface area contributed by atoms with Crippen molar-refractivity contribution in [3.05, 3.63) is 16.2 Å². The Morgan fingerprint density at radius 3 is 3.00 bits per heavy atom. The molecule has 0 fully saturated rings. The van der Waals surface area contributed by atoms with Crippen LogP contribution in [-0.2, 0) is 5.11 Å².